The zero-order valence-corrected chi connectivity index (χ0v) is 16.6. The summed E-state index contributed by atoms with van der Waals surface area (Å²) < 4.78 is 12.1. The fourth-order valence-corrected chi connectivity index (χ4v) is 3.01. The lowest BCUT2D eigenvalue weighted by molar-refractivity contribution is -0.386. The number of nitriles is 1. The van der Waals surface area contributed by atoms with E-state index in [1.165, 1.54) is 25.3 Å². The van der Waals surface area contributed by atoms with E-state index in [9.17, 15) is 14.9 Å². The third-order valence-electron chi connectivity index (χ3n) is 4.54. The molecule has 3 rings (SSSR count). The highest BCUT2D eigenvalue weighted by atomic mass is 16.6. The molecule has 0 N–H and O–H groups in total. The summed E-state index contributed by atoms with van der Waals surface area (Å²) in [6.45, 7) is 3.58. The summed E-state index contributed by atoms with van der Waals surface area (Å²) in [5.41, 5.74) is 2.36. The van der Waals surface area contributed by atoms with E-state index in [4.69, 9.17) is 14.7 Å². The van der Waals surface area contributed by atoms with Gasteiger partial charge in [0.15, 0.2) is 11.5 Å². The number of benzene rings is 2. The number of aromatic nitrogens is 2. The van der Waals surface area contributed by atoms with Crippen LogP contribution in [0.5, 0.6) is 11.5 Å². The Kier molecular flexibility index (Phi) is 5.78. The molecule has 9 heteroatoms. The molecule has 152 valence electrons. The van der Waals surface area contributed by atoms with Crippen LogP contribution in [0.4, 0.5) is 5.69 Å². The van der Waals surface area contributed by atoms with E-state index >= 15 is 0 Å². The maximum Gasteiger partial charge on any atom is 0.343 e. The smallest absolute Gasteiger partial charge is 0.343 e. The molecule has 0 saturated heterocycles. The molecule has 0 atom stereocenters. The van der Waals surface area contributed by atoms with Crippen molar-refractivity contribution in [2.75, 3.05) is 7.11 Å². The van der Waals surface area contributed by atoms with Gasteiger partial charge in [-0.05, 0) is 43.7 Å². The summed E-state index contributed by atoms with van der Waals surface area (Å²) in [6, 6.07) is 13.2. The lowest BCUT2D eigenvalue weighted by atomic mass is 10.1. The molecule has 9 nitrogen and oxygen atoms in total. The van der Waals surface area contributed by atoms with Crippen molar-refractivity contribution in [3.05, 3.63) is 80.7 Å². The van der Waals surface area contributed by atoms with Gasteiger partial charge in [-0.1, -0.05) is 12.1 Å². The summed E-state index contributed by atoms with van der Waals surface area (Å²) in [7, 11) is 1.42. The predicted molar refractivity (Wildman–Crippen MR) is 107 cm³/mol. The Hall–Kier alpha value is -4.19. The minimum absolute atomic E-state index is 0.00608. The first kappa shape index (κ1) is 20.5. The normalized spacial score (nSPS) is 10.3. The number of ether oxygens (including phenoxy) is 2. The van der Waals surface area contributed by atoms with Crippen LogP contribution >= 0.6 is 0 Å². The molecule has 0 bridgehead atoms. The molecule has 0 aliphatic carbocycles. The molecule has 0 spiro atoms. The molecule has 1 heterocycles. The van der Waals surface area contributed by atoms with Gasteiger partial charge in [-0.2, -0.15) is 10.4 Å². The summed E-state index contributed by atoms with van der Waals surface area (Å²) in [5, 5.41) is 24.3. The van der Waals surface area contributed by atoms with Crippen LogP contribution in [-0.2, 0) is 6.54 Å². The van der Waals surface area contributed by atoms with Gasteiger partial charge >= 0.3 is 11.7 Å². The molecule has 0 aliphatic rings. The van der Waals surface area contributed by atoms with Crippen LogP contribution in [0.1, 0.15) is 32.9 Å². The van der Waals surface area contributed by atoms with Gasteiger partial charge in [0.25, 0.3) is 0 Å². The number of hydrogen-bond donors (Lipinski definition) is 0. The molecule has 0 fully saturated rings. The van der Waals surface area contributed by atoms with Crippen molar-refractivity contribution < 1.29 is 19.2 Å². The first-order valence-corrected chi connectivity index (χ1v) is 8.91. The summed E-state index contributed by atoms with van der Waals surface area (Å²) >= 11 is 0. The first-order chi connectivity index (χ1) is 14.3. The van der Waals surface area contributed by atoms with Crippen LogP contribution in [-0.4, -0.2) is 27.8 Å². The van der Waals surface area contributed by atoms with Crippen molar-refractivity contribution in [1.29, 1.82) is 5.26 Å². The van der Waals surface area contributed by atoms with Crippen molar-refractivity contribution in [1.82, 2.24) is 9.78 Å². The van der Waals surface area contributed by atoms with Crippen LogP contribution in [0.2, 0.25) is 0 Å². The number of methoxy groups -OCH3 is 1. The molecule has 0 saturated carbocycles. The zero-order valence-electron chi connectivity index (χ0n) is 16.6. The molecule has 1 aromatic heterocycles. The lowest BCUT2D eigenvalue weighted by Crippen LogP contribution is -2.10. The first-order valence-electron chi connectivity index (χ1n) is 8.91. The number of nitro groups is 1. The Balaban J connectivity index is 1.75. The maximum atomic E-state index is 12.4. The van der Waals surface area contributed by atoms with E-state index < -0.39 is 10.9 Å². The van der Waals surface area contributed by atoms with Gasteiger partial charge in [-0.3, -0.25) is 14.8 Å². The highest BCUT2D eigenvalue weighted by Crippen LogP contribution is 2.28. The maximum absolute atomic E-state index is 12.4. The third kappa shape index (κ3) is 4.12. The van der Waals surface area contributed by atoms with E-state index in [1.54, 1.807) is 42.8 Å². The topological polar surface area (TPSA) is 120 Å². The van der Waals surface area contributed by atoms with Gasteiger partial charge in [0.1, 0.15) is 11.4 Å². The van der Waals surface area contributed by atoms with Gasteiger partial charge in [0, 0.05) is 6.07 Å². The summed E-state index contributed by atoms with van der Waals surface area (Å²) in [4.78, 5) is 23.1. The Labute approximate surface area is 172 Å². The quantitative estimate of drug-likeness (QED) is 0.266. The molecule has 0 aliphatic heterocycles. The van der Waals surface area contributed by atoms with Crippen molar-refractivity contribution >= 4 is 11.7 Å². The Morgan fingerprint density at radius 3 is 2.47 bits per heavy atom. The molecule has 30 heavy (non-hydrogen) atoms. The average Bonchev–Trinajstić information content (AvgIpc) is 3.01. The zero-order chi connectivity index (χ0) is 21.8. The third-order valence-corrected chi connectivity index (χ3v) is 4.54. The second kappa shape index (κ2) is 8.45. The summed E-state index contributed by atoms with van der Waals surface area (Å²) in [5.74, 6) is -0.0861. The molecular formula is C21H18N4O5. The van der Waals surface area contributed by atoms with Crippen molar-refractivity contribution in [2.24, 2.45) is 0 Å². The van der Waals surface area contributed by atoms with Gasteiger partial charge in [0.2, 0.25) is 0 Å². The van der Waals surface area contributed by atoms with E-state index in [0.29, 0.717) is 29.1 Å². The molecule has 0 amide bonds. The fraction of sp³-hybridized carbons (Fsp3) is 0.190. The van der Waals surface area contributed by atoms with Crippen molar-refractivity contribution in [2.45, 2.75) is 20.4 Å². The number of hydrogen-bond acceptors (Lipinski definition) is 7. The monoisotopic (exact) mass is 406 g/mol. The van der Waals surface area contributed by atoms with Gasteiger partial charge in [-0.25, -0.2) is 4.79 Å². The van der Waals surface area contributed by atoms with Gasteiger partial charge < -0.3 is 9.47 Å². The Morgan fingerprint density at radius 2 is 1.90 bits per heavy atom. The Morgan fingerprint density at radius 1 is 1.20 bits per heavy atom. The fourth-order valence-electron chi connectivity index (χ4n) is 3.01. The number of carbonyl (C=O) groups excluding carboxylic acids is 1. The highest BCUT2D eigenvalue weighted by molar-refractivity contribution is 5.91. The Bertz CT molecular complexity index is 1160. The van der Waals surface area contributed by atoms with Crippen molar-refractivity contribution in [3.63, 3.8) is 0 Å². The SMILES string of the molecule is COc1cc(C#N)ccc1OC(=O)c1ccc(Cn2nc(C)c([N+](=O)[O-])c2C)cc1. The number of aryl methyl sites for hydroxylation is 1. The van der Waals surface area contributed by atoms with Crippen LogP contribution in [0, 0.1) is 35.3 Å². The molecular weight excluding hydrogens is 388 g/mol. The van der Waals surface area contributed by atoms with E-state index in [2.05, 4.69) is 5.10 Å². The number of rotatable bonds is 6. The molecule has 0 radical (unpaired) electrons. The molecule has 3 aromatic rings. The second-order valence-corrected chi connectivity index (χ2v) is 6.50. The predicted octanol–water partition coefficient (Wildman–Crippen LogP) is 3.56. The van der Waals surface area contributed by atoms with Gasteiger partial charge in [0.05, 0.1) is 35.8 Å². The van der Waals surface area contributed by atoms with Crippen LogP contribution in [0.3, 0.4) is 0 Å². The number of nitrogens with zero attached hydrogens (tertiary/aromatic N) is 4. The second-order valence-electron chi connectivity index (χ2n) is 6.50. The van der Waals surface area contributed by atoms with E-state index in [-0.39, 0.29) is 17.2 Å². The van der Waals surface area contributed by atoms with Gasteiger partial charge in [-0.15, -0.1) is 0 Å². The highest BCUT2D eigenvalue weighted by Gasteiger charge is 2.21. The average molecular weight is 406 g/mol. The lowest BCUT2D eigenvalue weighted by Gasteiger charge is -2.10. The number of carbonyl (C=O) groups is 1. The minimum atomic E-state index is -0.577. The van der Waals surface area contributed by atoms with E-state index in [0.717, 1.165) is 5.56 Å². The van der Waals surface area contributed by atoms with Crippen LogP contribution in [0.15, 0.2) is 42.5 Å². The van der Waals surface area contributed by atoms with Crippen LogP contribution in [0.25, 0.3) is 0 Å². The standard InChI is InChI=1S/C21H18N4O5/c1-13-20(25(27)28)14(2)24(23-13)12-15-4-7-17(8-5-15)21(26)30-18-9-6-16(11-22)10-19(18)29-3/h4-10H,12H2,1-3H3. The molecule has 2 aromatic carbocycles. The minimum Gasteiger partial charge on any atom is -0.493 e. The van der Waals surface area contributed by atoms with E-state index in [1.807, 2.05) is 6.07 Å². The largest absolute Gasteiger partial charge is 0.493 e. The van der Waals surface area contributed by atoms with Crippen LogP contribution < -0.4 is 9.47 Å². The number of esters is 1. The van der Waals surface area contributed by atoms with Crippen molar-refractivity contribution in [3.8, 4) is 17.6 Å². The molecule has 0 unspecified atom stereocenters. The summed E-state index contributed by atoms with van der Waals surface area (Å²) in [6.07, 6.45) is 0.